The van der Waals surface area contributed by atoms with Gasteiger partial charge in [0.25, 0.3) is 11.2 Å². The van der Waals surface area contributed by atoms with E-state index in [-0.39, 0.29) is 15.7 Å². The van der Waals surface area contributed by atoms with Crippen LogP contribution in [0.3, 0.4) is 0 Å². The minimum atomic E-state index is -4.85. The average Bonchev–Trinajstić information content (AvgIpc) is 2.74. The number of alkyl halides is 3. The Hall–Kier alpha value is -3.15. The molecule has 1 aromatic heterocycles. The summed E-state index contributed by atoms with van der Waals surface area (Å²) in [5, 5.41) is 11.1. The summed E-state index contributed by atoms with van der Waals surface area (Å²) in [6.07, 6.45) is -3.79. The van der Waals surface area contributed by atoms with Crippen molar-refractivity contribution in [3.05, 3.63) is 73.6 Å². The van der Waals surface area contributed by atoms with Crippen LogP contribution in [0.4, 0.5) is 32.8 Å². The van der Waals surface area contributed by atoms with Crippen molar-refractivity contribution < 1.29 is 26.9 Å². The normalized spacial score (nSPS) is 15.3. The van der Waals surface area contributed by atoms with Crippen molar-refractivity contribution in [2.75, 3.05) is 18.0 Å². The van der Waals surface area contributed by atoms with E-state index in [1.165, 1.54) is 6.07 Å². The van der Waals surface area contributed by atoms with E-state index in [0.29, 0.717) is 43.6 Å². The molecule has 0 amide bonds. The molecule has 1 fully saturated rings. The molecule has 1 saturated heterocycles. The molecule has 0 spiro atoms. The van der Waals surface area contributed by atoms with Crippen LogP contribution < -0.4 is 10.5 Å². The number of nitrogens with zero attached hydrogens (tertiary/aromatic N) is 3. The lowest BCUT2D eigenvalue weighted by Crippen LogP contribution is -2.34. The zero-order valence-corrected chi connectivity index (χ0v) is 17.0. The number of piperidine rings is 1. The van der Waals surface area contributed by atoms with Crippen molar-refractivity contribution in [1.82, 2.24) is 4.98 Å². The Balaban J connectivity index is 1.66. The van der Waals surface area contributed by atoms with Gasteiger partial charge in [-0.05, 0) is 42.5 Å². The van der Waals surface area contributed by atoms with Crippen LogP contribution in [0.1, 0.15) is 29.9 Å². The number of benzene rings is 2. The topological polar surface area (TPSA) is 76.3 Å². The molecule has 0 unspecified atom stereocenters. The van der Waals surface area contributed by atoms with Gasteiger partial charge in [-0.2, -0.15) is 18.2 Å². The second kappa shape index (κ2) is 8.08. The number of anilines is 1. The number of rotatable bonds is 3. The highest BCUT2D eigenvalue weighted by Crippen LogP contribution is 2.39. The predicted molar refractivity (Wildman–Crippen MR) is 108 cm³/mol. The van der Waals surface area contributed by atoms with Crippen LogP contribution in [-0.2, 0) is 6.18 Å². The molecule has 0 N–H and O–H groups in total. The highest BCUT2D eigenvalue weighted by Gasteiger charge is 2.34. The fraction of sp³-hybridized carbons (Fsp3) is 0.300. The van der Waals surface area contributed by atoms with E-state index in [0.717, 1.165) is 23.5 Å². The summed E-state index contributed by atoms with van der Waals surface area (Å²) in [6, 6.07) is 4.70. The summed E-state index contributed by atoms with van der Waals surface area (Å²) in [4.78, 5) is 28.5. The molecule has 3 aromatic rings. The van der Waals surface area contributed by atoms with E-state index in [1.807, 2.05) is 0 Å². The summed E-state index contributed by atoms with van der Waals surface area (Å²) in [5.74, 6) is -1.93. The molecular weight excluding hydrogens is 457 g/mol. The van der Waals surface area contributed by atoms with E-state index in [4.69, 9.17) is 0 Å². The Morgan fingerprint density at radius 2 is 1.78 bits per heavy atom. The molecule has 0 bridgehead atoms. The molecule has 1 aliphatic rings. The predicted octanol–water partition coefficient (Wildman–Crippen LogP) is 5.25. The number of nitro benzene ring substituents is 1. The molecule has 6 nitrogen and oxygen atoms in total. The monoisotopic (exact) mass is 471 g/mol. The van der Waals surface area contributed by atoms with Gasteiger partial charge < -0.3 is 4.90 Å². The fourth-order valence-electron chi connectivity index (χ4n) is 3.75. The Morgan fingerprint density at radius 1 is 1.09 bits per heavy atom. The molecule has 2 aromatic carbocycles. The van der Waals surface area contributed by atoms with Crippen LogP contribution >= 0.6 is 11.3 Å². The van der Waals surface area contributed by atoms with Crippen LogP contribution in [0.2, 0.25) is 0 Å². The van der Waals surface area contributed by atoms with Crippen molar-refractivity contribution in [2.45, 2.75) is 24.9 Å². The Labute approximate surface area is 181 Å². The number of nitro groups is 1. The van der Waals surface area contributed by atoms with Gasteiger partial charge in [0.1, 0.15) is 4.70 Å². The van der Waals surface area contributed by atoms with E-state index < -0.39 is 44.9 Å². The van der Waals surface area contributed by atoms with Gasteiger partial charge in [0.15, 0.2) is 16.8 Å². The Kier molecular flexibility index (Phi) is 5.57. The molecule has 12 heteroatoms. The third kappa shape index (κ3) is 4.14. The SMILES string of the molecule is O=c1nc(N2CCC(c3ccc(F)c(F)c3)CC2)sc2c([N+](=O)[O-])cc(C(F)(F)F)cc12. The van der Waals surface area contributed by atoms with E-state index >= 15 is 0 Å². The minimum Gasteiger partial charge on any atom is -0.348 e. The van der Waals surface area contributed by atoms with E-state index in [9.17, 15) is 36.9 Å². The van der Waals surface area contributed by atoms with Gasteiger partial charge in [-0.1, -0.05) is 17.4 Å². The van der Waals surface area contributed by atoms with Crippen molar-refractivity contribution in [3.63, 3.8) is 0 Å². The van der Waals surface area contributed by atoms with E-state index in [1.54, 1.807) is 4.90 Å². The van der Waals surface area contributed by atoms with Crippen LogP contribution in [0, 0.1) is 21.7 Å². The lowest BCUT2D eigenvalue weighted by atomic mass is 9.89. The van der Waals surface area contributed by atoms with E-state index in [2.05, 4.69) is 4.98 Å². The highest BCUT2D eigenvalue weighted by molar-refractivity contribution is 7.22. The van der Waals surface area contributed by atoms with Gasteiger partial charge in [0.05, 0.1) is 15.9 Å². The average molecular weight is 471 g/mol. The van der Waals surface area contributed by atoms with Crippen molar-refractivity contribution in [1.29, 1.82) is 0 Å². The summed E-state index contributed by atoms with van der Waals surface area (Å²) < 4.78 is 65.8. The molecule has 32 heavy (non-hydrogen) atoms. The number of hydrogen-bond acceptors (Lipinski definition) is 6. The number of halogens is 5. The smallest absolute Gasteiger partial charge is 0.348 e. The number of hydrogen-bond donors (Lipinski definition) is 0. The zero-order valence-electron chi connectivity index (χ0n) is 16.2. The Bertz CT molecular complexity index is 1270. The van der Waals surface area contributed by atoms with Crippen LogP contribution in [0.5, 0.6) is 0 Å². The minimum absolute atomic E-state index is 0.0535. The van der Waals surface area contributed by atoms with Gasteiger partial charge in [0, 0.05) is 19.2 Å². The van der Waals surface area contributed by atoms with Crippen LogP contribution in [0.15, 0.2) is 35.1 Å². The van der Waals surface area contributed by atoms with Gasteiger partial charge in [0.2, 0.25) is 0 Å². The maximum absolute atomic E-state index is 13.5. The third-order valence-electron chi connectivity index (χ3n) is 5.39. The number of non-ortho nitro benzene ring substituents is 1. The molecule has 0 saturated carbocycles. The molecular formula is C20H14F5N3O3S. The summed E-state index contributed by atoms with van der Waals surface area (Å²) >= 11 is 0.779. The highest BCUT2D eigenvalue weighted by atomic mass is 32.1. The zero-order chi connectivity index (χ0) is 23.2. The van der Waals surface area contributed by atoms with Gasteiger partial charge in [-0.25, -0.2) is 8.78 Å². The first-order valence-corrected chi connectivity index (χ1v) is 10.3. The maximum Gasteiger partial charge on any atom is 0.416 e. The first-order valence-electron chi connectivity index (χ1n) is 9.45. The van der Waals surface area contributed by atoms with Gasteiger partial charge in [-0.3, -0.25) is 14.9 Å². The first kappa shape index (κ1) is 22.1. The molecule has 0 radical (unpaired) electrons. The summed E-state index contributed by atoms with van der Waals surface area (Å²) in [6.45, 7) is 0.763. The fourth-order valence-corrected chi connectivity index (χ4v) is 4.86. The molecule has 1 aliphatic heterocycles. The lowest BCUT2D eigenvalue weighted by Gasteiger charge is -2.32. The summed E-state index contributed by atoms with van der Waals surface area (Å²) in [5.41, 5.74) is -2.44. The molecule has 4 rings (SSSR count). The van der Waals surface area contributed by atoms with Crippen LogP contribution in [0.25, 0.3) is 10.1 Å². The quantitative estimate of drug-likeness (QED) is 0.297. The Morgan fingerprint density at radius 3 is 2.38 bits per heavy atom. The molecule has 168 valence electrons. The van der Waals surface area contributed by atoms with Crippen molar-refractivity contribution in [3.8, 4) is 0 Å². The third-order valence-corrected chi connectivity index (χ3v) is 6.56. The second-order valence-electron chi connectivity index (χ2n) is 7.36. The van der Waals surface area contributed by atoms with Crippen molar-refractivity contribution in [2.24, 2.45) is 0 Å². The molecule has 0 aliphatic carbocycles. The largest absolute Gasteiger partial charge is 0.416 e. The lowest BCUT2D eigenvalue weighted by molar-refractivity contribution is -0.383. The number of aromatic nitrogens is 1. The molecule has 2 heterocycles. The first-order chi connectivity index (χ1) is 15.0. The van der Waals surface area contributed by atoms with Gasteiger partial charge >= 0.3 is 6.18 Å². The van der Waals surface area contributed by atoms with Crippen molar-refractivity contribution >= 4 is 32.2 Å². The van der Waals surface area contributed by atoms with Gasteiger partial charge in [-0.15, -0.1) is 0 Å². The standard InChI is InChI=1S/C20H14F5N3O3S/c21-14-2-1-11(7-15(14)22)10-3-5-27(6-4-10)19-26-18(29)13-8-12(20(23,24)25)9-16(28(30)31)17(13)32-19/h1-2,7-10H,3-6H2. The molecule has 0 atom stereocenters. The summed E-state index contributed by atoms with van der Waals surface area (Å²) in [7, 11) is 0. The second-order valence-corrected chi connectivity index (χ2v) is 8.34. The maximum atomic E-state index is 13.5. The number of fused-ring (bicyclic) bond motifs is 1. The van der Waals surface area contributed by atoms with Crippen LogP contribution in [-0.4, -0.2) is 23.0 Å².